The maximum Gasteiger partial charge on any atom is 0.294 e. The van der Waals surface area contributed by atoms with Crippen molar-refractivity contribution in [1.82, 2.24) is 0 Å². The second-order valence-corrected chi connectivity index (χ2v) is 9.37. The van der Waals surface area contributed by atoms with Crippen molar-refractivity contribution in [2.75, 3.05) is 22.5 Å². The quantitative estimate of drug-likeness (QED) is 0.252. The molecule has 0 aliphatic carbocycles. The van der Waals surface area contributed by atoms with Gasteiger partial charge >= 0.3 is 0 Å². The van der Waals surface area contributed by atoms with Crippen molar-refractivity contribution in [3.8, 4) is 5.75 Å². The van der Waals surface area contributed by atoms with E-state index in [4.69, 9.17) is 14.6 Å². The third-order valence-electron chi connectivity index (χ3n) is 6.98. The average molecular weight is 504 g/mol. The number of hydrogen-bond donors (Lipinski definition) is 3. The molecule has 0 radical (unpaired) electrons. The summed E-state index contributed by atoms with van der Waals surface area (Å²) in [5, 5.41) is 16.5. The summed E-state index contributed by atoms with van der Waals surface area (Å²) in [6, 6.07) is 22.9. The van der Waals surface area contributed by atoms with Crippen LogP contribution < -0.4 is 16.0 Å². The number of furan rings is 2. The zero-order chi connectivity index (χ0) is 26.0. The number of fused-ring (bicyclic) bond motifs is 5. The largest absolute Gasteiger partial charge is 0.507 e. The van der Waals surface area contributed by atoms with Gasteiger partial charge < -0.3 is 29.9 Å². The van der Waals surface area contributed by atoms with Crippen molar-refractivity contribution in [2.45, 2.75) is 6.42 Å². The van der Waals surface area contributed by atoms with Gasteiger partial charge in [0.15, 0.2) is 11.5 Å². The molecule has 1 aliphatic rings. The van der Waals surface area contributed by atoms with Gasteiger partial charge in [0.05, 0.1) is 5.69 Å². The molecule has 4 N–H and O–H groups in total. The molecule has 0 saturated heterocycles. The molecule has 0 spiro atoms. The number of anilines is 3. The summed E-state index contributed by atoms with van der Waals surface area (Å²) in [4.78, 5) is 27.9. The molecule has 0 bridgehead atoms. The van der Waals surface area contributed by atoms with E-state index in [1.165, 1.54) is 0 Å². The van der Waals surface area contributed by atoms with Crippen LogP contribution in [0.5, 0.6) is 5.75 Å². The highest BCUT2D eigenvalue weighted by Crippen LogP contribution is 2.40. The summed E-state index contributed by atoms with van der Waals surface area (Å²) in [6.07, 6.45) is 0.687. The van der Waals surface area contributed by atoms with Crippen molar-refractivity contribution in [3.63, 3.8) is 0 Å². The first-order valence-electron chi connectivity index (χ1n) is 12.1. The molecular formula is C30H21N3O5. The van der Waals surface area contributed by atoms with Gasteiger partial charge in [-0.05, 0) is 65.9 Å². The topological polar surface area (TPSA) is 122 Å². The van der Waals surface area contributed by atoms with Gasteiger partial charge in [0.1, 0.15) is 16.9 Å². The number of hydrogen-bond acceptors (Lipinski definition) is 6. The zero-order valence-electron chi connectivity index (χ0n) is 20.0. The molecule has 0 unspecified atom stereocenters. The molecule has 8 nitrogen and oxygen atoms in total. The van der Waals surface area contributed by atoms with Crippen molar-refractivity contribution in [1.29, 1.82) is 0 Å². The fourth-order valence-electron chi connectivity index (χ4n) is 5.19. The van der Waals surface area contributed by atoms with Crippen LogP contribution >= 0.6 is 0 Å². The third-order valence-corrected chi connectivity index (χ3v) is 6.98. The fourth-order valence-corrected chi connectivity index (χ4v) is 5.19. The van der Waals surface area contributed by atoms with Crippen LogP contribution in [0.15, 0.2) is 87.7 Å². The third kappa shape index (κ3) is 3.46. The molecule has 0 atom stereocenters. The van der Waals surface area contributed by atoms with Gasteiger partial charge in [-0.3, -0.25) is 9.59 Å². The van der Waals surface area contributed by atoms with Crippen LogP contribution in [0.4, 0.5) is 17.1 Å². The van der Waals surface area contributed by atoms with E-state index in [2.05, 4.69) is 5.32 Å². The van der Waals surface area contributed by atoms with Crippen LogP contribution in [0.2, 0.25) is 0 Å². The predicted molar refractivity (Wildman–Crippen MR) is 146 cm³/mol. The number of phenolic OH excluding ortho intramolecular Hbond substituents is 1. The molecule has 186 valence electrons. The maximum atomic E-state index is 13.4. The Balaban J connectivity index is 1.16. The highest BCUT2D eigenvalue weighted by Gasteiger charge is 2.30. The number of benzene rings is 4. The molecule has 2 amide bonds. The first kappa shape index (κ1) is 22.0. The lowest BCUT2D eigenvalue weighted by Crippen LogP contribution is -2.28. The number of rotatable bonds is 3. The minimum Gasteiger partial charge on any atom is -0.507 e. The Kier molecular flexibility index (Phi) is 4.71. The van der Waals surface area contributed by atoms with Crippen LogP contribution in [0.1, 0.15) is 26.7 Å². The summed E-state index contributed by atoms with van der Waals surface area (Å²) < 4.78 is 11.5. The SMILES string of the molecule is Nc1ccc2oc(C(=O)Nc3ccc4oc(C(=O)N5CCc6c5cc(O)c5ccccc65)cc4c3)cc2c1. The van der Waals surface area contributed by atoms with Gasteiger partial charge in [0.2, 0.25) is 0 Å². The molecular weight excluding hydrogens is 482 g/mol. The van der Waals surface area contributed by atoms with Gasteiger partial charge in [-0.25, -0.2) is 0 Å². The molecule has 7 rings (SSSR count). The predicted octanol–water partition coefficient (Wildman–Crippen LogP) is 6.08. The number of amides is 2. The van der Waals surface area contributed by atoms with Crippen LogP contribution in [0.3, 0.4) is 0 Å². The zero-order valence-corrected chi connectivity index (χ0v) is 20.0. The highest BCUT2D eigenvalue weighted by molar-refractivity contribution is 6.10. The standard InChI is InChI=1S/C30H21N3O5/c31-18-5-7-25-16(11-18)13-27(37-25)29(35)32-19-6-8-26-17(12-19)14-28(38-26)30(36)33-10-9-21-20-3-1-2-4-22(20)24(34)15-23(21)33/h1-8,11-15,34H,9-10,31H2,(H,32,35). The van der Waals surface area contributed by atoms with E-state index in [9.17, 15) is 14.7 Å². The van der Waals surface area contributed by atoms with E-state index in [-0.39, 0.29) is 23.2 Å². The first-order valence-corrected chi connectivity index (χ1v) is 12.1. The van der Waals surface area contributed by atoms with E-state index in [0.717, 1.165) is 21.7 Å². The fraction of sp³-hybridized carbons (Fsp3) is 0.0667. The Labute approximate surface area is 215 Å². The van der Waals surface area contributed by atoms with Gasteiger partial charge in [0, 0.05) is 40.1 Å². The lowest BCUT2D eigenvalue weighted by molar-refractivity contribution is 0.0963. The van der Waals surface area contributed by atoms with Crippen molar-refractivity contribution < 1.29 is 23.5 Å². The van der Waals surface area contributed by atoms with Crippen LogP contribution in [0, 0.1) is 0 Å². The molecule has 1 aliphatic heterocycles. The minimum atomic E-state index is -0.403. The minimum absolute atomic E-state index is 0.136. The molecule has 6 aromatic rings. The van der Waals surface area contributed by atoms with Gasteiger partial charge in [-0.15, -0.1) is 0 Å². The van der Waals surface area contributed by atoms with Crippen LogP contribution in [-0.2, 0) is 6.42 Å². The molecule has 2 aromatic heterocycles. The Morgan fingerprint density at radius 1 is 0.842 bits per heavy atom. The maximum absolute atomic E-state index is 13.4. The van der Waals surface area contributed by atoms with Crippen LogP contribution in [-0.4, -0.2) is 23.5 Å². The van der Waals surface area contributed by atoms with E-state index in [0.29, 0.717) is 46.6 Å². The van der Waals surface area contributed by atoms with E-state index in [1.807, 2.05) is 24.3 Å². The van der Waals surface area contributed by atoms with Gasteiger partial charge in [0.25, 0.3) is 11.8 Å². The normalized spacial score (nSPS) is 12.9. The average Bonchev–Trinajstić information content (AvgIpc) is 3.64. The molecule has 0 fully saturated rings. The summed E-state index contributed by atoms with van der Waals surface area (Å²) >= 11 is 0. The number of nitrogens with zero attached hydrogens (tertiary/aromatic N) is 1. The molecule has 38 heavy (non-hydrogen) atoms. The number of nitrogens with two attached hydrogens (primary N) is 1. The first-order chi connectivity index (χ1) is 18.4. The summed E-state index contributed by atoms with van der Waals surface area (Å²) in [5.41, 5.74) is 9.74. The second kappa shape index (κ2) is 8.14. The second-order valence-electron chi connectivity index (χ2n) is 9.37. The Morgan fingerprint density at radius 3 is 2.39 bits per heavy atom. The van der Waals surface area contributed by atoms with Gasteiger partial charge in [-0.2, -0.15) is 0 Å². The van der Waals surface area contributed by atoms with E-state index >= 15 is 0 Å². The number of phenols is 1. The Bertz CT molecular complexity index is 1930. The monoisotopic (exact) mass is 503 g/mol. The highest BCUT2D eigenvalue weighted by atomic mass is 16.4. The lowest BCUT2D eigenvalue weighted by atomic mass is 10.0. The molecule has 4 aromatic carbocycles. The summed E-state index contributed by atoms with van der Waals surface area (Å²) in [6.45, 7) is 0.489. The molecule has 8 heteroatoms. The van der Waals surface area contributed by atoms with Crippen molar-refractivity contribution in [2.24, 2.45) is 0 Å². The van der Waals surface area contributed by atoms with Crippen molar-refractivity contribution >= 4 is 61.6 Å². The Morgan fingerprint density at radius 2 is 1.55 bits per heavy atom. The van der Waals surface area contributed by atoms with E-state index in [1.54, 1.807) is 59.5 Å². The molecule has 3 heterocycles. The number of carbonyl (C=O) groups excluding carboxylic acids is 2. The smallest absolute Gasteiger partial charge is 0.294 e. The van der Waals surface area contributed by atoms with E-state index < -0.39 is 5.91 Å². The van der Waals surface area contributed by atoms with Gasteiger partial charge in [-0.1, -0.05) is 24.3 Å². The number of carbonyl (C=O) groups is 2. The number of aromatic hydroxyl groups is 1. The summed E-state index contributed by atoms with van der Waals surface area (Å²) in [7, 11) is 0. The summed E-state index contributed by atoms with van der Waals surface area (Å²) in [5.74, 6) is -0.213. The Hall–Kier alpha value is -5.24. The molecule has 0 saturated carbocycles. The lowest BCUT2D eigenvalue weighted by Gasteiger charge is -2.17. The van der Waals surface area contributed by atoms with Crippen LogP contribution in [0.25, 0.3) is 32.7 Å². The number of nitrogen functional groups attached to an aromatic ring is 1. The number of nitrogens with one attached hydrogen (secondary N) is 1. The van der Waals surface area contributed by atoms with Crippen molar-refractivity contribution in [3.05, 3.63) is 95.9 Å².